The van der Waals surface area contributed by atoms with Crippen molar-refractivity contribution >= 4 is 44.2 Å². The third-order valence-corrected chi connectivity index (χ3v) is 76.1. The molecule has 0 N–H and O–H groups in total. The van der Waals surface area contributed by atoms with Gasteiger partial charge in [0.25, 0.3) is 0 Å². The Morgan fingerprint density at radius 3 is 1.64 bits per heavy atom. The summed E-state index contributed by atoms with van der Waals surface area (Å²) in [7, 11) is -0.783. The van der Waals surface area contributed by atoms with Crippen molar-refractivity contribution in [2.45, 2.75) is 59.7 Å². The summed E-state index contributed by atoms with van der Waals surface area (Å²) in [6, 6.07) is 0. The zero-order valence-corrected chi connectivity index (χ0v) is 24.5. The van der Waals surface area contributed by atoms with E-state index in [1.54, 1.807) is 6.56 Å². The van der Waals surface area contributed by atoms with Gasteiger partial charge in [0.1, 0.15) is 0 Å². The van der Waals surface area contributed by atoms with Crippen molar-refractivity contribution in [3.63, 3.8) is 0 Å². The molecule has 1 nitrogen and oxygen atoms in total. The zero-order valence-electron chi connectivity index (χ0n) is 17.4. The van der Waals surface area contributed by atoms with Gasteiger partial charge in [-0.2, -0.15) is 0 Å². The predicted molar refractivity (Wildman–Crippen MR) is 126 cm³/mol. The van der Waals surface area contributed by atoms with Crippen LogP contribution < -0.4 is 0 Å². The normalized spacial score (nSPS) is 23.2. The van der Waals surface area contributed by atoms with E-state index in [9.17, 15) is 0 Å². The molecular formula is C19H39Cl2OSi2Zr. The van der Waals surface area contributed by atoms with Crippen molar-refractivity contribution in [3.05, 3.63) is 43.0 Å². The van der Waals surface area contributed by atoms with Crippen LogP contribution in [0.15, 0.2) is 43.0 Å². The zero-order chi connectivity index (χ0) is 17.8. The fourth-order valence-corrected chi connectivity index (χ4v) is 69.3. The molecule has 0 saturated heterocycles. The number of hydrogen-bond donors (Lipinski definition) is 0. The van der Waals surface area contributed by atoms with Crippen molar-refractivity contribution in [1.82, 2.24) is 0 Å². The average molecular weight is 502 g/mol. The number of hydrogen-bond acceptors (Lipinski definition) is 1. The van der Waals surface area contributed by atoms with Crippen LogP contribution in [0.25, 0.3) is 0 Å². The van der Waals surface area contributed by atoms with Gasteiger partial charge < -0.3 is 0 Å². The second-order valence-electron chi connectivity index (χ2n) is 12.5. The van der Waals surface area contributed by atoms with Gasteiger partial charge in [0.15, 0.2) is 0 Å². The molecule has 2 aliphatic carbocycles. The topological polar surface area (TPSA) is 9.23 Å². The number of halogens is 2. The maximum absolute atomic E-state index is 7.75. The van der Waals surface area contributed by atoms with Crippen molar-refractivity contribution in [3.8, 4) is 0 Å². The van der Waals surface area contributed by atoms with Crippen molar-refractivity contribution in [1.29, 1.82) is 0 Å². The van der Waals surface area contributed by atoms with Crippen LogP contribution in [-0.2, 0) is 15.9 Å². The summed E-state index contributed by atoms with van der Waals surface area (Å²) >= 11 is -5.25. The molecule has 0 spiro atoms. The molecule has 0 bridgehead atoms. The Morgan fingerprint density at radius 1 is 1.04 bits per heavy atom. The van der Waals surface area contributed by atoms with E-state index in [1.807, 2.05) is 0 Å². The molecule has 147 valence electrons. The van der Waals surface area contributed by atoms with Gasteiger partial charge >= 0.3 is 138 Å². The van der Waals surface area contributed by atoms with Crippen LogP contribution in [0.4, 0.5) is 0 Å². The van der Waals surface area contributed by atoms with E-state index < -0.39 is 21.8 Å². The first-order valence-electron chi connectivity index (χ1n) is 9.27. The van der Waals surface area contributed by atoms with Crippen molar-refractivity contribution < 1.29 is 15.9 Å². The van der Waals surface area contributed by atoms with Crippen LogP contribution in [-0.4, -0.2) is 19.4 Å². The van der Waals surface area contributed by atoms with Crippen LogP contribution in [0.1, 0.15) is 26.7 Å². The molecule has 0 fully saturated rings. The molecule has 0 aliphatic heterocycles. The van der Waals surface area contributed by atoms with Crippen LogP contribution in [0.3, 0.4) is 0 Å². The molecule has 0 aromatic heterocycles. The minimum absolute atomic E-state index is 0. The van der Waals surface area contributed by atoms with Gasteiger partial charge in [-0.25, -0.2) is 0 Å². The van der Waals surface area contributed by atoms with Gasteiger partial charge in [-0.15, -0.1) is 24.8 Å². The van der Waals surface area contributed by atoms with Crippen LogP contribution in [0.2, 0.25) is 33.0 Å². The molecular weight excluding hydrogens is 463 g/mol. The molecule has 25 heavy (non-hydrogen) atoms. The monoisotopic (exact) mass is 499 g/mol. The summed E-state index contributed by atoms with van der Waals surface area (Å²) in [4.78, 5) is 0. The Labute approximate surface area is 161 Å². The molecule has 0 heterocycles. The molecule has 0 unspecified atom stereocenters. The third-order valence-electron chi connectivity index (χ3n) is 8.96. The van der Waals surface area contributed by atoms with Gasteiger partial charge in [-0.05, 0) is 0 Å². The number of allylic oxidation sites excluding steroid dienone is 8. The van der Waals surface area contributed by atoms with E-state index in [0.717, 1.165) is 24.3 Å². The molecule has 0 radical (unpaired) electrons. The SMILES string of the molecule is C[CH]=[Zr]([CH3])([CH3])([SiH3])([CH2]C)([O][Si](C)(C)C)([C]1=CC=CC1)[C]1=CC=CC1.Cl.Cl. The largest absolute Gasteiger partial charge is 0.147 e. The smallest absolute Gasteiger partial charge is 0.147 e. The summed E-state index contributed by atoms with van der Waals surface area (Å²) < 4.78 is 19.9. The number of rotatable bonds is 5. The van der Waals surface area contributed by atoms with Crippen molar-refractivity contribution in [2.24, 2.45) is 0 Å². The van der Waals surface area contributed by atoms with E-state index in [1.165, 1.54) is 0 Å². The predicted octanol–water partition coefficient (Wildman–Crippen LogP) is 6.22. The fraction of sp³-hybridized carbons (Fsp3) is 0.526. The maximum Gasteiger partial charge on any atom is -0.147 e. The summed E-state index contributed by atoms with van der Waals surface area (Å²) in [6.07, 6.45) is 16.0. The Kier molecular flexibility index (Phi) is 5.33. The molecule has 0 saturated carbocycles. The molecule has 0 atom stereocenters. The second kappa shape index (κ2) is 5.18. The van der Waals surface area contributed by atoms with Gasteiger partial charge in [-0.3, -0.25) is 0 Å². The molecule has 0 aromatic carbocycles. The maximum atomic E-state index is 7.75. The van der Waals surface area contributed by atoms with Gasteiger partial charge in [-0.1, -0.05) is 0 Å². The Hall–Kier alpha value is 0.687. The van der Waals surface area contributed by atoms with E-state index in [2.05, 4.69) is 82.9 Å². The van der Waals surface area contributed by atoms with E-state index in [0.29, 0.717) is 0 Å². The van der Waals surface area contributed by atoms with Gasteiger partial charge in [0.2, 0.25) is 0 Å². The Balaban J connectivity index is 0.00000288. The first-order chi connectivity index (χ1) is 10.1. The molecule has 2 rings (SSSR count). The summed E-state index contributed by atoms with van der Waals surface area (Å²) in [5, 5.41) is 0. The van der Waals surface area contributed by atoms with E-state index in [-0.39, 0.29) is 24.8 Å². The summed E-state index contributed by atoms with van der Waals surface area (Å²) in [5.74, 6) is 0. The summed E-state index contributed by atoms with van der Waals surface area (Å²) in [6.45, 7) is 11.8. The molecule has 2 aliphatic rings. The van der Waals surface area contributed by atoms with Crippen LogP contribution >= 0.6 is 24.8 Å². The molecule has 6 heteroatoms. The standard InChI is InChI=1S/2C5H5.C3H9OSi.C2H5.C2H4.2CH3.2ClH.H3Si.Zr/c2*1-2-4-5-3-1;1-5(2,3)4;2*1-2;;;;;;/h2*1-3H,4H2;1-3H3;1H2,2H3;1H,2H3;2*1H3;2*1H;1H3;/q;;-1;;;;;;;;+1. The third kappa shape index (κ3) is 2.86. The van der Waals surface area contributed by atoms with Crippen LogP contribution in [0.5, 0.6) is 0 Å². The van der Waals surface area contributed by atoms with E-state index in [4.69, 9.17) is 2.50 Å². The average Bonchev–Trinajstić information content (AvgIpc) is 3.12. The minimum atomic E-state index is -5.25. The first-order valence-corrected chi connectivity index (χ1v) is 32.6. The van der Waals surface area contributed by atoms with E-state index >= 15 is 0 Å². The Bertz CT molecular complexity index is 830. The second-order valence-corrected chi connectivity index (χ2v) is 86.8. The fourth-order valence-electron chi connectivity index (χ4n) is 5.94. The molecule has 0 amide bonds. The molecule has 0 aromatic rings. The van der Waals surface area contributed by atoms with Gasteiger partial charge in [0, 0.05) is 0 Å². The Morgan fingerprint density at radius 2 is 1.44 bits per heavy atom. The quantitative estimate of drug-likeness (QED) is 0.407. The van der Waals surface area contributed by atoms with Gasteiger partial charge in [0.05, 0.1) is 0 Å². The first kappa shape index (κ1) is 25.7. The van der Waals surface area contributed by atoms with Crippen molar-refractivity contribution in [2.75, 3.05) is 0 Å². The van der Waals surface area contributed by atoms with Crippen LogP contribution in [0, 0.1) is 0 Å². The minimum Gasteiger partial charge on any atom is -0.147 e. The summed E-state index contributed by atoms with van der Waals surface area (Å²) in [5.41, 5.74) is 0.